The highest BCUT2D eigenvalue weighted by Gasteiger charge is 2.28. The van der Waals surface area contributed by atoms with E-state index in [9.17, 15) is 4.79 Å². The summed E-state index contributed by atoms with van der Waals surface area (Å²) in [6.07, 6.45) is 7.68. The van der Waals surface area contributed by atoms with E-state index in [-0.39, 0.29) is 5.56 Å². The fourth-order valence-electron chi connectivity index (χ4n) is 3.94. The summed E-state index contributed by atoms with van der Waals surface area (Å²) >= 11 is 5.91. The van der Waals surface area contributed by atoms with Gasteiger partial charge in [-0.15, -0.1) is 0 Å². The zero-order chi connectivity index (χ0) is 20.4. The number of nitrogens with zero attached hydrogens (tertiary/aromatic N) is 4. The lowest BCUT2D eigenvalue weighted by Crippen LogP contribution is -2.17. The van der Waals surface area contributed by atoms with Crippen LogP contribution < -0.4 is 5.56 Å². The van der Waals surface area contributed by atoms with Gasteiger partial charge in [-0.05, 0) is 56.2 Å². The standard InChI is InChI=1S/C23H17ClN4O2/c1-13-22(14-2-3-14)26-21-7-5-16(12-28(13)21)27-9-8-19-17(23(27)29)10-20(30-19)18-6-4-15(24)11-25-18/h4-12,14H,2-3H2,1H3. The van der Waals surface area contributed by atoms with E-state index < -0.39 is 0 Å². The van der Waals surface area contributed by atoms with E-state index in [2.05, 4.69) is 16.3 Å². The van der Waals surface area contributed by atoms with Crippen LogP contribution in [0.5, 0.6) is 0 Å². The van der Waals surface area contributed by atoms with Crippen molar-refractivity contribution in [1.29, 1.82) is 0 Å². The van der Waals surface area contributed by atoms with Crippen LogP contribution in [-0.2, 0) is 0 Å². The molecule has 30 heavy (non-hydrogen) atoms. The molecule has 0 saturated heterocycles. The second-order valence-electron chi connectivity index (χ2n) is 7.71. The molecular weight excluding hydrogens is 400 g/mol. The SMILES string of the molecule is Cc1c(C2CC2)nc2ccc(-n3ccc4oc(-c5ccc(Cl)cn5)cc4c3=O)cn12. The minimum absolute atomic E-state index is 0.143. The summed E-state index contributed by atoms with van der Waals surface area (Å²) in [5.41, 5.74) is 5.02. The quantitative estimate of drug-likeness (QED) is 0.409. The molecule has 1 saturated carbocycles. The van der Waals surface area contributed by atoms with Gasteiger partial charge in [-0.3, -0.25) is 14.3 Å². The molecule has 0 N–H and O–H groups in total. The Morgan fingerprint density at radius 2 is 2.03 bits per heavy atom. The van der Waals surface area contributed by atoms with Crippen LogP contribution in [0.4, 0.5) is 0 Å². The summed E-state index contributed by atoms with van der Waals surface area (Å²) in [6.45, 7) is 2.09. The van der Waals surface area contributed by atoms with Gasteiger partial charge < -0.3 is 8.82 Å². The Morgan fingerprint density at radius 3 is 2.80 bits per heavy atom. The first-order chi connectivity index (χ1) is 14.6. The molecule has 1 fully saturated rings. The van der Waals surface area contributed by atoms with Crippen molar-refractivity contribution in [1.82, 2.24) is 18.9 Å². The number of hydrogen-bond donors (Lipinski definition) is 0. The van der Waals surface area contributed by atoms with Crippen LogP contribution in [-0.4, -0.2) is 18.9 Å². The average Bonchev–Trinajstić information content (AvgIpc) is 3.41. The first-order valence-electron chi connectivity index (χ1n) is 9.84. The van der Waals surface area contributed by atoms with Gasteiger partial charge in [-0.1, -0.05) is 11.6 Å². The van der Waals surface area contributed by atoms with Crippen molar-refractivity contribution in [2.24, 2.45) is 0 Å². The molecule has 6 nitrogen and oxygen atoms in total. The van der Waals surface area contributed by atoms with Crippen LogP contribution in [0.15, 0.2) is 64.2 Å². The normalized spacial score (nSPS) is 14.1. The van der Waals surface area contributed by atoms with Crippen molar-refractivity contribution in [2.75, 3.05) is 0 Å². The second-order valence-corrected chi connectivity index (χ2v) is 8.15. The third-order valence-electron chi connectivity index (χ3n) is 5.69. The molecule has 0 aliphatic heterocycles. The molecule has 0 amide bonds. The van der Waals surface area contributed by atoms with Gasteiger partial charge in [0.05, 0.1) is 21.8 Å². The van der Waals surface area contributed by atoms with Crippen LogP contribution in [0.2, 0.25) is 5.02 Å². The van der Waals surface area contributed by atoms with Gasteiger partial charge in [-0.25, -0.2) is 4.98 Å². The largest absolute Gasteiger partial charge is 0.454 e. The van der Waals surface area contributed by atoms with Gasteiger partial charge in [0.1, 0.15) is 16.9 Å². The molecule has 7 heteroatoms. The highest BCUT2D eigenvalue weighted by molar-refractivity contribution is 6.30. The van der Waals surface area contributed by atoms with Crippen LogP contribution in [0.25, 0.3) is 33.8 Å². The number of furan rings is 1. The van der Waals surface area contributed by atoms with E-state index in [1.165, 1.54) is 18.5 Å². The van der Waals surface area contributed by atoms with Crippen molar-refractivity contribution in [2.45, 2.75) is 25.7 Å². The summed E-state index contributed by atoms with van der Waals surface area (Å²) in [6, 6.07) is 10.9. The lowest BCUT2D eigenvalue weighted by atomic mass is 10.2. The molecule has 1 aliphatic rings. The van der Waals surface area contributed by atoms with Gasteiger partial charge in [-0.2, -0.15) is 0 Å². The third kappa shape index (κ3) is 2.68. The summed E-state index contributed by atoms with van der Waals surface area (Å²) in [4.78, 5) is 22.3. The lowest BCUT2D eigenvalue weighted by molar-refractivity contribution is 0.627. The number of aromatic nitrogens is 4. The van der Waals surface area contributed by atoms with E-state index in [1.807, 2.05) is 18.3 Å². The van der Waals surface area contributed by atoms with Crippen molar-refractivity contribution < 1.29 is 4.42 Å². The van der Waals surface area contributed by atoms with Crippen molar-refractivity contribution in [3.8, 4) is 17.1 Å². The number of pyridine rings is 3. The molecule has 0 radical (unpaired) electrons. The van der Waals surface area contributed by atoms with E-state index in [1.54, 1.807) is 41.2 Å². The zero-order valence-electron chi connectivity index (χ0n) is 16.2. The maximum atomic E-state index is 13.2. The predicted octanol–water partition coefficient (Wildman–Crippen LogP) is 5.13. The lowest BCUT2D eigenvalue weighted by Gasteiger charge is -2.07. The molecule has 5 aromatic heterocycles. The van der Waals surface area contributed by atoms with Crippen molar-refractivity contribution in [3.63, 3.8) is 0 Å². The van der Waals surface area contributed by atoms with Crippen LogP contribution in [0, 0.1) is 6.92 Å². The number of hydrogen-bond acceptors (Lipinski definition) is 4. The number of imidazole rings is 1. The first kappa shape index (κ1) is 17.5. The number of aryl methyl sites for hydroxylation is 1. The highest BCUT2D eigenvalue weighted by Crippen LogP contribution is 2.41. The molecule has 5 aromatic rings. The Bertz CT molecular complexity index is 1490. The number of fused-ring (bicyclic) bond motifs is 2. The summed E-state index contributed by atoms with van der Waals surface area (Å²) in [7, 11) is 0. The maximum Gasteiger partial charge on any atom is 0.266 e. The van der Waals surface area contributed by atoms with Crippen molar-refractivity contribution >= 4 is 28.2 Å². The average molecular weight is 417 g/mol. The summed E-state index contributed by atoms with van der Waals surface area (Å²) < 4.78 is 9.56. The molecule has 0 unspecified atom stereocenters. The van der Waals surface area contributed by atoms with Gasteiger partial charge in [0.25, 0.3) is 5.56 Å². The molecule has 1 aliphatic carbocycles. The highest BCUT2D eigenvalue weighted by atomic mass is 35.5. The van der Waals surface area contributed by atoms with Gasteiger partial charge in [0.15, 0.2) is 5.76 Å². The predicted molar refractivity (Wildman–Crippen MR) is 116 cm³/mol. The molecule has 0 spiro atoms. The molecule has 6 rings (SSSR count). The molecule has 148 valence electrons. The van der Waals surface area contributed by atoms with Gasteiger partial charge in [0, 0.05) is 30.2 Å². The minimum atomic E-state index is -0.143. The number of halogens is 1. The van der Waals surface area contributed by atoms with Gasteiger partial charge in [0.2, 0.25) is 0 Å². The molecular formula is C23H17ClN4O2. The van der Waals surface area contributed by atoms with Crippen LogP contribution in [0.1, 0.15) is 30.1 Å². The second kappa shape index (κ2) is 6.31. The molecule has 0 bridgehead atoms. The van der Waals surface area contributed by atoms with E-state index >= 15 is 0 Å². The number of rotatable bonds is 3. The van der Waals surface area contributed by atoms with Gasteiger partial charge >= 0.3 is 0 Å². The smallest absolute Gasteiger partial charge is 0.266 e. The first-order valence-corrected chi connectivity index (χ1v) is 10.2. The van der Waals surface area contributed by atoms with E-state index in [4.69, 9.17) is 21.0 Å². The van der Waals surface area contributed by atoms with E-state index in [0.29, 0.717) is 33.4 Å². The molecule has 0 atom stereocenters. The fourth-order valence-corrected chi connectivity index (χ4v) is 4.05. The maximum absolute atomic E-state index is 13.2. The van der Waals surface area contributed by atoms with Crippen molar-refractivity contribution in [3.05, 3.63) is 81.8 Å². The monoisotopic (exact) mass is 416 g/mol. The topological polar surface area (TPSA) is 65.3 Å². The summed E-state index contributed by atoms with van der Waals surface area (Å²) in [5.74, 6) is 1.12. The fraction of sp³-hybridized carbons (Fsp3) is 0.174. The third-order valence-corrected chi connectivity index (χ3v) is 5.91. The zero-order valence-corrected chi connectivity index (χ0v) is 16.9. The Balaban J connectivity index is 1.47. The minimum Gasteiger partial charge on any atom is -0.454 e. The van der Waals surface area contributed by atoms with Crippen LogP contribution >= 0.6 is 11.6 Å². The Kier molecular flexibility index (Phi) is 3.67. The van der Waals surface area contributed by atoms with Crippen LogP contribution in [0.3, 0.4) is 0 Å². The molecule has 5 heterocycles. The Labute approximate surface area is 176 Å². The Hall–Kier alpha value is -3.38. The molecule has 0 aromatic carbocycles. The Morgan fingerprint density at radius 1 is 1.17 bits per heavy atom. The van der Waals surface area contributed by atoms with E-state index in [0.717, 1.165) is 17.0 Å². The summed E-state index contributed by atoms with van der Waals surface area (Å²) in [5, 5.41) is 1.05.